The van der Waals surface area contributed by atoms with E-state index in [2.05, 4.69) is 26.1 Å². The minimum Gasteiger partial charge on any atom is -0.353 e. The summed E-state index contributed by atoms with van der Waals surface area (Å²) >= 11 is 0. The van der Waals surface area contributed by atoms with Crippen LogP contribution in [0.5, 0.6) is 0 Å². The van der Waals surface area contributed by atoms with Crippen molar-refractivity contribution in [3.63, 3.8) is 0 Å². The van der Waals surface area contributed by atoms with Crippen LogP contribution in [0.15, 0.2) is 0 Å². The van der Waals surface area contributed by atoms with E-state index in [1.165, 1.54) is 19.3 Å². The zero-order valence-corrected chi connectivity index (χ0v) is 12.5. The second kappa shape index (κ2) is 5.80. The van der Waals surface area contributed by atoms with E-state index in [4.69, 9.17) is 9.47 Å². The fraction of sp³-hybridized carbons (Fsp3) is 0.933. The number of amides is 1. The molecule has 2 rings (SSSR count). The van der Waals surface area contributed by atoms with Crippen LogP contribution in [-0.4, -0.2) is 30.9 Å². The van der Waals surface area contributed by atoms with Gasteiger partial charge in [0.05, 0.1) is 6.61 Å². The van der Waals surface area contributed by atoms with Gasteiger partial charge in [0.2, 0.25) is 5.91 Å². The average Bonchev–Trinajstić information content (AvgIpc) is 2.69. The highest BCUT2D eigenvalue weighted by Crippen LogP contribution is 2.37. The molecule has 19 heavy (non-hydrogen) atoms. The molecule has 0 aromatic heterocycles. The third kappa shape index (κ3) is 4.46. The van der Waals surface area contributed by atoms with Crippen LogP contribution in [0.1, 0.15) is 59.3 Å². The predicted octanol–water partition coefficient (Wildman–Crippen LogP) is 2.61. The van der Waals surface area contributed by atoms with Gasteiger partial charge in [-0.3, -0.25) is 4.79 Å². The van der Waals surface area contributed by atoms with Crippen LogP contribution in [0, 0.1) is 5.41 Å². The van der Waals surface area contributed by atoms with Crippen molar-refractivity contribution in [2.75, 3.05) is 13.2 Å². The maximum absolute atomic E-state index is 11.8. The lowest BCUT2D eigenvalue weighted by molar-refractivity contribution is -0.186. The van der Waals surface area contributed by atoms with Crippen LogP contribution < -0.4 is 5.32 Å². The fourth-order valence-corrected chi connectivity index (χ4v) is 2.84. The van der Waals surface area contributed by atoms with Gasteiger partial charge in [0, 0.05) is 25.8 Å². The van der Waals surface area contributed by atoms with E-state index in [-0.39, 0.29) is 23.2 Å². The van der Waals surface area contributed by atoms with Crippen molar-refractivity contribution < 1.29 is 14.3 Å². The van der Waals surface area contributed by atoms with E-state index in [1.54, 1.807) is 0 Å². The third-order valence-corrected chi connectivity index (χ3v) is 3.75. The Kier molecular flexibility index (Phi) is 4.51. The number of rotatable bonds is 3. The SMILES string of the molecule is CC(C)(C)CC(=O)NC[C@H]1COC2(CCCCC2)O1. The Labute approximate surface area is 116 Å². The lowest BCUT2D eigenvalue weighted by Crippen LogP contribution is -2.38. The number of nitrogens with one attached hydrogen (secondary N) is 1. The van der Waals surface area contributed by atoms with Crippen molar-refractivity contribution in [3.05, 3.63) is 0 Å². The molecule has 1 aliphatic carbocycles. The molecule has 1 atom stereocenters. The molecule has 4 nitrogen and oxygen atoms in total. The van der Waals surface area contributed by atoms with Gasteiger partial charge in [0.15, 0.2) is 5.79 Å². The third-order valence-electron chi connectivity index (χ3n) is 3.75. The molecular weight excluding hydrogens is 242 g/mol. The number of carbonyl (C=O) groups excluding carboxylic acids is 1. The zero-order valence-electron chi connectivity index (χ0n) is 12.5. The maximum atomic E-state index is 11.8. The summed E-state index contributed by atoms with van der Waals surface area (Å²) in [4.78, 5) is 11.8. The summed E-state index contributed by atoms with van der Waals surface area (Å²) in [7, 11) is 0. The van der Waals surface area contributed by atoms with Crippen molar-refractivity contribution in [3.8, 4) is 0 Å². The van der Waals surface area contributed by atoms with Gasteiger partial charge in [-0.1, -0.05) is 27.2 Å². The molecule has 0 unspecified atom stereocenters. The molecule has 1 amide bonds. The maximum Gasteiger partial charge on any atom is 0.220 e. The van der Waals surface area contributed by atoms with Crippen molar-refractivity contribution in [2.45, 2.75) is 71.2 Å². The molecule has 1 N–H and O–H groups in total. The molecule has 2 aliphatic rings. The first-order valence-electron chi connectivity index (χ1n) is 7.47. The average molecular weight is 269 g/mol. The first-order chi connectivity index (χ1) is 8.89. The molecule has 1 heterocycles. The Morgan fingerprint density at radius 3 is 2.58 bits per heavy atom. The number of hydrogen-bond donors (Lipinski definition) is 1. The quantitative estimate of drug-likeness (QED) is 0.856. The summed E-state index contributed by atoms with van der Waals surface area (Å²) in [6.07, 6.45) is 6.21. The summed E-state index contributed by atoms with van der Waals surface area (Å²) in [5.41, 5.74) is 0.0295. The van der Waals surface area contributed by atoms with Crippen molar-refractivity contribution in [2.24, 2.45) is 5.41 Å². The summed E-state index contributed by atoms with van der Waals surface area (Å²) < 4.78 is 11.9. The Hall–Kier alpha value is -0.610. The van der Waals surface area contributed by atoms with E-state index in [1.807, 2.05) is 0 Å². The van der Waals surface area contributed by atoms with Crippen LogP contribution >= 0.6 is 0 Å². The monoisotopic (exact) mass is 269 g/mol. The van der Waals surface area contributed by atoms with Crippen LogP contribution in [0.4, 0.5) is 0 Å². The molecule has 110 valence electrons. The van der Waals surface area contributed by atoms with Crippen molar-refractivity contribution >= 4 is 5.91 Å². The molecule has 0 bridgehead atoms. The van der Waals surface area contributed by atoms with E-state index in [0.29, 0.717) is 19.6 Å². The van der Waals surface area contributed by atoms with Crippen molar-refractivity contribution in [1.29, 1.82) is 0 Å². The van der Waals surface area contributed by atoms with E-state index >= 15 is 0 Å². The van der Waals surface area contributed by atoms with Crippen LogP contribution in [0.3, 0.4) is 0 Å². The molecule has 0 aromatic rings. The van der Waals surface area contributed by atoms with Gasteiger partial charge in [0.25, 0.3) is 0 Å². The molecule has 0 radical (unpaired) electrons. The van der Waals surface area contributed by atoms with E-state index in [0.717, 1.165) is 12.8 Å². The standard InChI is InChI=1S/C15H27NO3/c1-14(2,3)9-13(17)16-10-12-11-18-15(19-12)7-5-4-6-8-15/h12H,4-11H2,1-3H3,(H,16,17)/t12-/m0/s1. The molecule has 2 fully saturated rings. The summed E-state index contributed by atoms with van der Waals surface area (Å²) in [5, 5.41) is 2.96. The molecule has 0 aromatic carbocycles. The Morgan fingerprint density at radius 1 is 1.26 bits per heavy atom. The highest BCUT2D eigenvalue weighted by atomic mass is 16.7. The smallest absolute Gasteiger partial charge is 0.220 e. The minimum atomic E-state index is -0.336. The van der Waals surface area contributed by atoms with Gasteiger partial charge in [-0.05, 0) is 18.3 Å². The Morgan fingerprint density at radius 2 is 1.95 bits per heavy atom. The molecular formula is C15H27NO3. The van der Waals surface area contributed by atoms with Gasteiger partial charge in [0.1, 0.15) is 6.10 Å². The number of carbonyl (C=O) groups is 1. The lowest BCUT2D eigenvalue weighted by atomic mass is 9.92. The van der Waals surface area contributed by atoms with Crippen LogP contribution in [-0.2, 0) is 14.3 Å². The van der Waals surface area contributed by atoms with Gasteiger partial charge >= 0.3 is 0 Å². The first kappa shape index (κ1) is 14.8. The van der Waals surface area contributed by atoms with E-state index < -0.39 is 0 Å². The minimum absolute atomic E-state index is 0.0158. The highest BCUT2D eigenvalue weighted by molar-refractivity contribution is 5.76. The highest BCUT2D eigenvalue weighted by Gasteiger charge is 2.42. The first-order valence-corrected chi connectivity index (χ1v) is 7.47. The van der Waals surface area contributed by atoms with Gasteiger partial charge in [-0.25, -0.2) is 0 Å². The van der Waals surface area contributed by atoms with Gasteiger partial charge < -0.3 is 14.8 Å². The summed E-state index contributed by atoms with van der Waals surface area (Å²) in [6, 6.07) is 0. The molecule has 1 aliphatic heterocycles. The summed E-state index contributed by atoms with van der Waals surface area (Å²) in [6.45, 7) is 7.38. The second-order valence-corrected chi connectivity index (χ2v) is 7.06. The molecule has 1 spiro atoms. The van der Waals surface area contributed by atoms with Gasteiger partial charge in [-0.2, -0.15) is 0 Å². The van der Waals surface area contributed by atoms with Crippen LogP contribution in [0.2, 0.25) is 0 Å². The molecule has 1 saturated heterocycles. The summed E-state index contributed by atoms with van der Waals surface area (Å²) in [5.74, 6) is -0.238. The lowest BCUT2D eigenvalue weighted by Gasteiger charge is -2.31. The topological polar surface area (TPSA) is 47.6 Å². The number of hydrogen-bond acceptors (Lipinski definition) is 3. The Balaban J connectivity index is 1.72. The van der Waals surface area contributed by atoms with Crippen molar-refractivity contribution in [1.82, 2.24) is 5.32 Å². The largest absolute Gasteiger partial charge is 0.353 e. The second-order valence-electron chi connectivity index (χ2n) is 7.06. The normalized spacial score (nSPS) is 26.6. The van der Waals surface area contributed by atoms with E-state index in [9.17, 15) is 4.79 Å². The number of ether oxygens (including phenoxy) is 2. The predicted molar refractivity (Wildman–Crippen MR) is 73.7 cm³/mol. The molecule has 1 saturated carbocycles. The zero-order chi connectivity index (χ0) is 13.9. The fourth-order valence-electron chi connectivity index (χ4n) is 2.84. The van der Waals surface area contributed by atoms with Crippen LogP contribution in [0.25, 0.3) is 0 Å². The van der Waals surface area contributed by atoms with Gasteiger partial charge in [-0.15, -0.1) is 0 Å². The Bertz CT molecular complexity index is 316. The molecule has 4 heteroatoms.